The van der Waals surface area contributed by atoms with Crippen LogP contribution in [0.1, 0.15) is 93.4 Å². The van der Waals surface area contributed by atoms with Gasteiger partial charge in [0.05, 0.1) is 12.7 Å². The fraction of sp³-hybridized carbons (Fsp3) is 0.625. The molecule has 45 heavy (non-hydrogen) atoms. The van der Waals surface area contributed by atoms with Crippen molar-refractivity contribution in [3.05, 3.63) is 76.4 Å². The first-order valence-electron chi connectivity index (χ1n) is 17.5. The van der Waals surface area contributed by atoms with Gasteiger partial charge < -0.3 is 15.2 Å². The van der Waals surface area contributed by atoms with Gasteiger partial charge in [-0.2, -0.15) is 0 Å². The van der Waals surface area contributed by atoms with Crippen LogP contribution in [0.25, 0.3) is 0 Å². The molecule has 1 aliphatic heterocycles. The van der Waals surface area contributed by atoms with Crippen molar-refractivity contribution in [2.75, 3.05) is 17.7 Å². The third-order valence-electron chi connectivity index (χ3n) is 12.2. The lowest BCUT2D eigenvalue weighted by molar-refractivity contribution is -0.112. The van der Waals surface area contributed by atoms with Crippen molar-refractivity contribution in [1.82, 2.24) is 0 Å². The van der Waals surface area contributed by atoms with E-state index in [0.717, 1.165) is 48.0 Å². The summed E-state index contributed by atoms with van der Waals surface area (Å²) < 4.78 is 5.35. The van der Waals surface area contributed by atoms with Crippen molar-refractivity contribution < 1.29 is 14.6 Å². The SMILES string of the molecule is CC(C)[C@@H](C)/C=C/[C@@H](C)[C@H]1CC[C@H]2C3=CC=C4C[C@@H](O)CC[C@]4(C)[C@H]3CC[C@]12C.CC1=C(C(=O)Nc2ccccc2)SCCO1. The molecule has 3 fully saturated rings. The van der Waals surface area contributed by atoms with E-state index in [1.54, 1.807) is 17.3 Å². The molecule has 1 amide bonds. The highest BCUT2D eigenvalue weighted by molar-refractivity contribution is 8.04. The summed E-state index contributed by atoms with van der Waals surface area (Å²) in [5.74, 6) is 5.83. The van der Waals surface area contributed by atoms with E-state index in [1.807, 2.05) is 37.3 Å². The van der Waals surface area contributed by atoms with Gasteiger partial charge in [-0.3, -0.25) is 4.79 Å². The number of hydrogen-bond donors (Lipinski definition) is 2. The van der Waals surface area contributed by atoms with Gasteiger partial charge in [-0.1, -0.05) is 95.2 Å². The highest BCUT2D eigenvalue weighted by atomic mass is 32.2. The fourth-order valence-corrected chi connectivity index (χ4v) is 9.85. The molecule has 1 heterocycles. The molecule has 8 atom stereocenters. The molecule has 0 bridgehead atoms. The molecule has 0 aromatic heterocycles. The predicted molar refractivity (Wildman–Crippen MR) is 190 cm³/mol. The molecule has 2 N–H and O–H groups in total. The predicted octanol–water partition coefficient (Wildman–Crippen LogP) is 9.95. The number of aliphatic hydroxyl groups excluding tert-OH is 1. The maximum Gasteiger partial charge on any atom is 0.265 e. The number of fused-ring (bicyclic) bond motifs is 5. The van der Waals surface area contributed by atoms with Crippen molar-refractivity contribution in [3.63, 3.8) is 0 Å². The highest BCUT2D eigenvalue weighted by Crippen LogP contribution is 2.66. The number of hydrogen-bond acceptors (Lipinski definition) is 4. The van der Waals surface area contributed by atoms with Crippen LogP contribution in [0.2, 0.25) is 0 Å². The topological polar surface area (TPSA) is 58.6 Å². The Morgan fingerprint density at radius 2 is 1.76 bits per heavy atom. The van der Waals surface area contributed by atoms with E-state index in [-0.39, 0.29) is 12.0 Å². The van der Waals surface area contributed by atoms with Crippen molar-refractivity contribution in [2.24, 2.45) is 46.3 Å². The number of carbonyl (C=O) groups is 1. The summed E-state index contributed by atoms with van der Waals surface area (Å²) in [4.78, 5) is 12.6. The second-order valence-electron chi connectivity index (χ2n) is 15.3. The zero-order valence-corrected chi connectivity index (χ0v) is 29.6. The van der Waals surface area contributed by atoms with Gasteiger partial charge in [0.15, 0.2) is 0 Å². The van der Waals surface area contributed by atoms with E-state index in [0.29, 0.717) is 39.9 Å². The average molecular weight is 632 g/mol. The van der Waals surface area contributed by atoms with E-state index >= 15 is 0 Å². The monoisotopic (exact) mass is 631 g/mol. The number of anilines is 1. The molecule has 4 aliphatic carbocycles. The minimum absolute atomic E-state index is 0.0894. The first-order valence-corrected chi connectivity index (χ1v) is 18.5. The number of thioether (sulfide) groups is 1. The van der Waals surface area contributed by atoms with Gasteiger partial charge in [0.1, 0.15) is 10.7 Å². The van der Waals surface area contributed by atoms with Gasteiger partial charge in [-0.25, -0.2) is 0 Å². The molecule has 0 saturated heterocycles. The van der Waals surface area contributed by atoms with E-state index in [2.05, 4.69) is 71.2 Å². The van der Waals surface area contributed by atoms with Crippen LogP contribution in [-0.4, -0.2) is 29.5 Å². The molecule has 1 aromatic carbocycles. The van der Waals surface area contributed by atoms with Crippen LogP contribution in [-0.2, 0) is 9.53 Å². The Hall–Kier alpha value is -2.24. The fourth-order valence-electron chi connectivity index (χ4n) is 9.03. The van der Waals surface area contributed by atoms with Gasteiger partial charge >= 0.3 is 0 Å². The Balaban J connectivity index is 0.000000211. The van der Waals surface area contributed by atoms with E-state index in [4.69, 9.17) is 4.74 Å². The van der Waals surface area contributed by atoms with Crippen LogP contribution < -0.4 is 5.32 Å². The lowest BCUT2D eigenvalue weighted by Crippen LogP contribution is -2.46. The maximum atomic E-state index is 11.9. The van der Waals surface area contributed by atoms with Crippen molar-refractivity contribution >= 4 is 23.4 Å². The minimum Gasteiger partial charge on any atom is -0.496 e. The summed E-state index contributed by atoms with van der Waals surface area (Å²) >= 11 is 1.54. The van der Waals surface area contributed by atoms with E-state index in [1.165, 1.54) is 37.7 Å². The molecular weight excluding hydrogens is 575 g/mol. The van der Waals surface area contributed by atoms with Gasteiger partial charge in [0, 0.05) is 11.4 Å². The summed E-state index contributed by atoms with van der Waals surface area (Å²) in [6.45, 7) is 17.1. The van der Waals surface area contributed by atoms with Crippen LogP contribution in [0, 0.1) is 46.3 Å². The van der Waals surface area contributed by atoms with Crippen LogP contribution in [0.5, 0.6) is 0 Å². The summed E-state index contributed by atoms with van der Waals surface area (Å²) in [5.41, 5.74) is 4.88. The third-order valence-corrected chi connectivity index (χ3v) is 13.4. The van der Waals surface area contributed by atoms with Crippen LogP contribution in [0.3, 0.4) is 0 Å². The summed E-state index contributed by atoms with van der Waals surface area (Å²) in [6.07, 6.45) is 18.4. The Bertz CT molecular complexity index is 1330. The summed E-state index contributed by atoms with van der Waals surface area (Å²) in [5, 5.41) is 13.0. The number of benzene rings is 1. The molecule has 0 unspecified atom stereocenters. The summed E-state index contributed by atoms with van der Waals surface area (Å²) in [6, 6.07) is 9.42. The van der Waals surface area contributed by atoms with Crippen LogP contribution in [0.15, 0.2) is 76.4 Å². The zero-order valence-electron chi connectivity index (χ0n) is 28.8. The van der Waals surface area contributed by atoms with Crippen molar-refractivity contribution in [1.29, 1.82) is 0 Å². The number of rotatable bonds is 6. The van der Waals surface area contributed by atoms with Gasteiger partial charge in [0.2, 0.25) is 0 Å². The number of allylic oxidation sites excluding steroid dienone is 6. The molecular formula is C40H57NO3S. The Kier molecular flexibility index (Phi) is 10.8. The largest absolute Gasteiger partial charge is 0.496 e. The lowest BCUT2D eigenvalue weighted by atomic mass is 9.50. The molecule has 5 aliphatic rings. The third kappa shape index (κ3) is 7.20. The number of ether oxygens (including phenoxy) is 1. The smallest absolute Gasteiger partial charge is 0.265 e. The number of carbonyl (C=O) groups excluding carboxylic acids is 1. The normalized spacial score (nSPS) is 33.9. The quantitative estimate of drug-likeness (QED) is 0.307. The second kappa shape index (κ2) is 14.3. The van der Waals surface area contributed by atoms with E-state index < -0.39 is 0 Å². The first-order chi connectivity index (χ1) is 21.4. The lowest BCUT2D eigenvalue weighted by Gasteiger charge is -2.55. The molecule has 3 saturated carbocycles. The number of aliphatic hydroxyl groups is 1. The van der Waals surface area contributed by atoms with Gasteiger partial charge in [-0.05, 0) is 110 Å². The van der Waals surface area contributed by atoms with Gasteiger partial charge in [0.25, 0.3) is 5.91 Å². The summed E-state index contributed by atoms with van der Waals surface area (Å²) in [7, 11) is 0. The number of nitrogens with one attached hydrogen (secondary N) is 1. The molecule has 246 valence electrons. The van der Waals surface area contributed by atoms with Gasteiger partial charge in [-0.15, -0.1) is 11.8 Å². The number of para-hydroxylation sites is 1. The minimum atomic E-state index is -0.116. The zero-order chi connectivity index (χ0) is 32.4. The Morgan fingerprint density at radius 3 is 2.47 bits per heavy atom. The highest BCUT2D eigenvalue weighted by Gasteiger charge is 2.56. The molecule has 6 rings (SSSR count). The van der Waals surface area contributed by atoms with Crippen molar-refractivity contribution in [3.8, 4) is 0 Å². The van der Waals surface area contributed by atoms with Crippen LogP contribution in [0.4, 0.5) is 5.69 Å². The molecule has 5 heteroatoms. The molecule has 1 aromatic rings. The molecule has 0 radical (unpaired) electrons. The number of amides is 1. The second-order valence-corrected chi connectivity index (χ2v) is 16.4. The Labute approximate surface area is 277 Å². The first kappa shape index (κ1) is 34.1. The van der Waals surface area contributed by atoms with Crippen LogP contribution >= 0.6 is 11.8 Å². The molecule has 4 nitrogen and oxygen atoms in total. The average Bonchev–Trinajstić information content (AvgIpc) is 3.38. The Morgan fingerprint density at radius 1 is 1.00 bits per heavy atom. The maximum absolute atomic E-state index is 11.9. The molecule has 0 spiro atoms. The standard InChI is InChI=1S/C28H44O.C12H13NO2S/c1-18(2)19(3)7-8-20(4)24-11-12-25-23-10-9-21-17-22(29)13-15-27(21,5)26(23)14-16-28(24,25)6;1-9-11(16-8-7-15-9)12(14)13-10-5-3-2-4-6-10/h7-10,18-20,22,24-26,29H,11-17H2,1-6H3;2-6H,7-8H2,1H3,(H,13,14)/b8-7+;/t19-,20+,22-,24+,25-,26-,27-,28+;/m0./s1. The van der Waals surface area contributed by atoms with E-state index in [9.17, 15) is 9.90 Å². The van der Waals surface area contributed by atoms with Crippen molar-refractivity contribution in [2.45, 2.75) is 99.5 Å².